The summed E-state index contributed by atoms with van der Waals surface area (Å²) in [5.41, 5.74) is 0.942. The second kappa shape index (κ2) is 6.70. The molecule has 1 aromatic carbocycles. The number of aromatic carboxylic acids is 1. The van der Waals surface area contributed by atoms with Crippen molar-refractivity contribution in [1.82, 2.24) is 4.31 Å². The molecule has 2 aromatic rings. The number of anilines is 1. The third-order valence-corrected chi connectivity index (χ3v) is 6.35. The van der Waals surface area contributed by atoms with Crippen molar-refractivity contribution in [2.24, 2.45) is 0 Å². The predicted molar refractivity (Wildman–Crippen MR) is 92.8 cm³/mol. The molecule has 1 aliphatic heterocycles. The van der Waals surface area contributed by atoms with Crippen LogP contribution in [0.5, 0.6) is 0 Å². The molecular weight excluding hydrogens is 368 g/mol. The first kappa shape index (κ1) is 17.8. The number of aryl methyl sites for hydroxylation is 1. The lowest BCUT2D eigenvalue weighted by Gasteiger charge is -2.35. The van der Waals surface area contributed by atoms with E-state index in [1.165, 1.54) is 11.2 Å². The SMILES string of the molecule is Cc1oc(C(=O)O)cc1S(=O)(=O)N1CCN(c2cccc(Cl)c2)CC1. The number of furan rings is 1. The molecule has 3 rings (SSSR count). The third kappa shape index (κ3) is 3.51. The molecule has 1 saturated heterocycles. The van der Waals surface area contributed by atoms with Crippen LogP contribution >= 0.6 is 11.6 Å². The van der Waals surface area contributed by atoms with Gasteiger partial charge in [-0.05, 0) is 25.1 Å². The Hall–Kier alpha value is -2.03. The van der Waals surface area contributed by atoms with E-state index in [1.54, 1.807) is 6.07 Å². The predicted octanol–water partition coefficient (Wildman–Crippen LogP) is 2.45. The average molecular weight is 385 g/mol. The van der Waals surface area contributed by atoms with Crippen molar-refractivity contribution in [3.8, 4) is 0 Å². The number of carboxylic acids is 1. The maximum Gasteiger partial charge on any atom is 0.371 e. The third-order valence-electron chi connectivity index (χ3n) is 4.11. The highest BCUT2D eigenvalue weighted by atomic mass is 35.5. The Morgan fingerprint density at radius 2 is 1.88 bits per heavy atom. The number of nitrogens with zero attached hydrogens (tertiary/aromatic N) is 2. The Kier molecular flexibility index (Phi) is 4.77. The summed E-state index contributed by atoms with van der Waals surface area (Å²) in [6.07, 6.45) is 0. The molecule has 0 bridgehead atoms. The Bertz CT molecular complexity index is 901. The fourth-order valence-corrected chi connectivity index (χ4v) is 4.59. The summed E-state index contributed by atoms with van der Waals surface area (Å²) in [5.74, 6) is -1.60. The van der Waals surface area contributed by atoms with Crippen LogP contribution < -0.4 is 4.90 Å². The molecule has 1 N–H and O–H groups in total. The molecule has 134 valence electrons. The summed E-state index contributed by atoms with van der Waals surface area (Å²) in [6, 6.07) is 8.47. The van der Waals surface area contributed by atoms with E-state index in [0.29, 0.717) is 31.2 Å². The Morgan fingerprint density at radius 1 is 1.20 bits per heavy atom. The molecule has 25 heavy (non-hydrogen) atoms. The molecule has 0 atom stereocenters. The Morgan fingerprint density at radius 3 is 2.44 bits per heavy atom. The van der Waals surface area contributed by atoms with Gasteiger partial charge in [-0.1, -0.05) is 17.7 Å². The second-order valence-corrected chi connectivity index (χ2v) is 8.05. The van der Waals surface area contributed by atoms with Crippen LogP contribution in [0.25, 0.3) is 0 Å². The van der Waals surface area contributed by atoms with Crippen molar-refractivity contribution in [3.63, 3.8) is 0 Å². The van der Waals surface area contributed by atoms with Crippen LogP contribution in [0.3, 0.4) is 0 Å². The van der Waals surface area contributed by atoms with Gasteiger partial charge >= 0.3 is 5.97 Å². The van der Waals surface area contributed by atoms with E-state index in [1.807, 2.05) is 18.2 Å². The summed E-state index contributed by atoms with van der Waals surface area (Å²) >= 11 is 6.00. The van der Waals surface area contributed by atoms with E-state index in [2.05, 4.69) is 4.90 Å². The van der Waals surface area contributed by atoms with Gasteiger partial charge in [-0.25, -0.2) is 13.2 Å². The first-order valence-corrected chi connectivity index (χ1v) is 9.45. The molecule has 0 spiro atoms. The van der Waals surface area contributed by atoms with Crippen molar-refractivity contribution in [1.29, 1.82) is 0 Å². The molecule has 1 fully saturated rings. The topological polar surface area (TPSA) is 91.1 Å². The summed E-state index contributed by atoms with van der Waals surface area (Å²) in [5, 5.41) is 9.59. The first-order chi connectivity index (χ1) is 11.8. The molecule has 2 heterocycles. The van der Waals surface area contributed by atoms with Crippen molar-refractivity contribution in [2.45, 2.75) is 11.8 Å². The fourth-order valence-electron chi connectivity index (χ4n) is 2.83. The molecule has 1 aromatic heterocycles. The number of sulfonamides is 1. The zero-order chi connectivity index (χ0) is 18.2. The van der Waals surface area contributed by atoms with Gasteiger partial charge in [0, 0.05) is 43.0 Å². The van der Waals surface area contributed by atoms with Crippen LogP contribution in [0.2, 0.25) is 5.02 Å². The standard InChI is InChI=1S/C16H17ClN2O5S/c1-11-15(10-14(24-11)16(20)21)25(22,23)19-7-5-18(6-8-19)13-4-2-3-12(17)9-13/h2-4,9-10H,5-8H2,1H3,(H,20,21). The van der Waals surface area contributed by atoms with E-state index in [0.717, 1.165) is 11.8 Å². The first-order valence-electron chi connectivity index (χ1n) is 7.63. The van der Waals surface area contributed by atoms with Crippen LogP contribution in [-0.4, -0.2) is 50.0 Å². The highest BCUT2D eigenvalue weighted by molar-refractivity contribution is 7.89. The number of hydrogen-bond acceptors (Lipinski definition) is 5. The zero-order valence-corrected chi connectivity index (χ0v) is 15.0. The zero-order valence-electron chi connectivity index (χ0n) is 13.5. The lowest BCUT2D eigenvalue weighted by molar-refractivity contribution is 0.0661. The fraction of sp³-hybridized carbons (Fsp3) is 0.312. The van der Waals surface area contributed by atoms with E-state index < -0.39 is 16.0 Å². The van der Waals surface area contributed by atoms with Gasteiger partial charge in [0.05, 0.1) is 0 Å². The lowest BCUT2D eigenvalue weighted by atomic mass is 10.2. The molecule has 0 saturated carbocycles. The number of carbonyl (C=O) groups is 1. The molecule has 7 nitrogen and oxygen atoms in total. The van der Waals surface area contributed by atoms with E-state index in [4.69, 9.17) is 21.1 Å². The number of halogens is 1. The number of piperazine rings is 1. The molecule has 0 amide bonds. The van der Waals surface area contributed by atoms with Gasteiger partial charge in [0.25, 0.3) is 0 Å². The van der Waals surface area contributed by atoms with Crippen LogP contribution in [0.1, 0.15) is 16.3 Å². The molecule has 9 heteroatoms. The van der Waals surface area contributed by atoms with E-state index in [9.17, 15) is 13.2 Å². The van der Waals surface area contributed by atoms with Crippen LogP contribution in [0.15, 0.2) is 39.6 Å². The van der Waals surface area contributed by atoms with Gasteiger partial charge in [-0.15, -0.1) is 0 Å². The van der Waals surface area contributed by atoms with E-state index >= 15 is 0 Å². The highest BCUT2D eigenvalue weighted by Gasteiger charge is 2.32. The summed E-state index contributed by atoms with van der Waals surface area (Å²) in [6.45, 7) is 3.07. The summed E-state index contributed by atoms with van der Waals surface area (Å²) in [4.78, 5) is 12.9. The smallest absolute Gasteiger partial charge is 0.371 e. The molecule has 1 aliphatic rings. The number of carboxylic acid groups (broad SMARTS) is 1. The van der Waals surface area contributed by atoms with Crippen LogP contribution in [0.4, 0.5) is 5.69 Å². The van der Waals surface area contributed by atoms with Crippen molar-refractivity contribution >= 4 is 33.3 Å². The molecule has 0 unspecified atom stereocenters. The number of hydrogen-bond donors (Lipinski definition) is 1. The molecule has 0 radical (unpaired) electrons. The van der Waals surface area contributed by atoms with Gasteiger partial charge in [-0.2, -0.15) is 4.31 Å². The highest BCUT2D eigenvalue weighted by Crippen LogP contribution is 2.26. The quantitative estimate of drug-likeness (QED) is 0.870. The largest absolute Gasteiger partial charge is 0.475 e. The number of benzene rings is 1. The van der Waals surface area contributed by atoms with Gasteiger partial charge in [0.15, 0.2) is 0 Å². The lowest BCUT2D eigenvalue weighted by Crippen LogP contribution is -2.48. The van der Waals surface area contributed by atoms with Gasteiger partial charge in [0.1, 0.15) is 10.7 Å². The molecule has 0 aliphatic carbocycles. The van der Waals surface area contributed by atoms with Crippen molar-refractivity contribution < 1.29 is 22.7 Å². The maximum atomic E-state index is 12.8. The van der Waals surface area contributed by atoms with Gasteiger partial charge in [-0.3, -0.25) is 0 Å². The average Bonchev–Trinajstić information content (AvgIpc) is 2.98. The normalized spacial score (nSPS) is 16.2. The minimum absolute atomic E-state index is 0.0784. The van der Waals surface area contributed by atoms with Crippen LogP contribution in [0, 0.1) is 6.92 Å². The van der Waals surface area contributed by atoms with Crippen LogP contribution in [-0.2, 0) is 10.0 Å². The Balaban J connectivity index is 1.77. The minimum Gasteiger partial charge on any atom is -0.475 e. The molecular formula is C16H17ClN2O5S. The van der Waals surface area contributed by atoms with Gasteiger partial charge in [0.2, 0.25) is 15.8 Å². The number of rotatable bonds is 4. The second-order valence-electron chi connectivity index (χ2n) is 5.71. The Labute approximate surface area is 150 Å². The monoisotopic (exact) mass is 384 g/mol. The summed E-state index contributed by atoms with van der Waals surface area (Å²) in [7, 11) is -3.80. The minimum atomic E-state index is -3.80. The maximum absolute atomic E-state index is 12.8. The van der Waals surface area contributed by atoms with E-state index in [-0.39, 0.29) is 16.4 Å². The van der Waals surface area contributed by atoms with Gasteiger partial charge < -0.3 is 14.4 Å². The van der Waals surface area contributed by atoms with Crippen molar-refractivity contribution in [3.05, 3.63) is 46.9 Å². The summed E-state index contributed by atoms with van der Waals surface area (Å²) < 4.78 is 31.9. The van der Waals surface area contributed by atoms with Crippen molar-refractivity contribution in [2.75, 3.05) is 31.1 Å².